The number of aromatic nitrogens is 4. The van der Waals surface area contributed by atoms with Gasteiger partial charge in [0.25, 0.3) is 0 Å². The molecule has 8 heteroatoms. The first-order valence-corrected chi connectivity index (χ1v) is 8.30. The van der Waals surface area contributed by atoms with Crippen LogP contribution in [0.3, 0.4) is 0 Å². The normalized spacial score (nSPS) is 17.7. The Kier molecular flexibility index (Phi) is 4.19. The van der Waals surface area contributed by atoms with E-state index in [2.05, 4.69) is 20.3 Å². The quantitative estimate of drug-likeness (QED) is 0.560. The summed E-state index contributed by atoms with van der Waals surface area (Å²) in [6, 6.07) is 7.46. The first kappa shape index (κ1) is 15.8. The molecule has 0 bridgehead atoms. The zero-order chi connectivity index (χ0) is 17.2. The Morgan fingerprint density at radius 1 is 1.24 bits per heavy atom. The summed E-state index contributed by atoms with van der Waals surface area (Å²) in [4.78, 5) is 12.2. The number of rotatable bonds is 4. The van der Waals surface area contributed by atoms with Crippen molar-refractivity contribution < 1.29 is 9.13 Å². The number of nitrogens with one attached hydrogen (secondary N) is 1. The van der Waals surface area contributed by atoms with Crippen molar-refractivity contribution in [3.05, 3.63) is 42.2 Å². The Bertz CT molecular complexity index is 873. The summed E-state index contributed by atoms with van der Waals surface area (Å²) in [5.41, 5.74) is 8.37. The minimum atomic E-state index is -0.787. The van der Waals surface area contributed by atoms with E-state index < -0.39 is 6.08 Å². The number of benzene rings is 1. The summed E-state index contributed by atoms with van der Waals surface area (Å²) in [6.45, 7) is 1.18. The van der Waals surface area contributed by atoms with Crippen molar-refractivity contribution in [3.63, 3.8) is 0 Å². The second kappa shape index (κ2) is 6.64. The molecule has 1 fully saturated rings. The molecule has 1 aliphatic rings. The van der Waals surface area contributed by atoms with Crippen molar-refractivity contribution in [1.82, 2.24) is 19.5 Å². The zero-order valence-corrected chi connectivity index (χ0v) is 13.7. The van der Waals surface area contributed by atoms with Gasteiger partial charge >= 0.3 is 6.08 Å². The highest BCUT2D eigenvalue weighted by molar-refractivity contribution is 5.82. The van der Waals surface area contributed by atoms with Crippen LogP contribution in [0, 0.1) is 6.08 Å². The average Bonchev–Trinajstić information content (AvgIpc) is 3.05. The first-order chi connectivity index (χ1) is 12.2. The standard InChI is InChI=1S/C17H19FN6O/c18-17-22-15(20-9-11-4-6-12(19)7-5-11)14-16(23-17)24(10-21-14)13-3-1-2-8-25-13/h4-7,10,13H,1-3,8-9,19H2,(H,20,22,23). The van der Waals surface area contributed by atoms with E-state index in [0.717, 1.165) is 24.8 Å². The molecule has 130 valence electrons. The molecule has 0 aliphatic carbocycles. The van der Waals surface area contributed by atoms with Gasteiger partial charge in [-0.25, -0.2) is 4.98 Å². The maximum absolute atomic E-state index is 13.9. The van der Waals surface area contributed by atoms with Gasteiger partial charge in [0.05, 0.1) is 6.33 Å². The molecule has 0 radical (unpaired) electrons. The van der Waals surface area contributed by atoms with Crippen LogP contribution < -0.4 is 11.1 Å². The van der Waals surface area contributed by atoms with Crippen molar-refractivity contribution in [1.29, 1.82) is 0 Å². The van der Waals surface area contributed by atoms with E-state index in [4.69, 9.17) is 10.5 Å². The highest BCUT2D eigenvalue weighted by Crippen LogP contribution is 2.27. The minimum Gasteiger partial charge on any atom is -0.399 e. The zero-order valence-electron chi connectivity index (χ0n) is 13.7. The molecule has 4 rings (SSSR count). The Morgan fingerprint density at radius 2 is 2.08 bits per heavy atom. The summed E-state index contributed by atoms with van der Waals surface area (Å²) in [5, 5.41) is 3.13. The van der Waals surface area contributed by atoms with Gasteiger partial charge in [-0.15, -0.1) is 0 Å². The van der Waals surface area contributed by atoms with Crippen molar-refractivity contribution >= 4 is 22.7 Å². The molecule has 3 N–H and O–H groups in total. The fourth-order valence-corrected chi connectivity index (χ4v) is 2.99. The maximum atomic E-state index is 13.9. The smallest absolute Gasteiger partial charge is 0.312 e. The van der Waals surface area contributed by atoms with Crippen LogP contribution in [0.15, 0.2) is 30.6 Å². The van der Waals surface area contributed by atoms with Crippen molar-refractivity contribution in [3.8, 4) is 0 Å². The SMILES string of the molecule is Nc1ccc(CNc2nc(F)nc3c2ncn3C2CCCCO2)cc1. The van der Waals surface area contributed by atoms with Crippen molar-refractivity contribution in [2.24, 2.45) is 0 Å². The van der Waals surface area contributed by atoms with Gasteiger partial charge in [0, 0.05) is 18.8 Å². The van der Waals surface area contributed by atoms with Gasteiger partial charge in [-0.3, -0.25) is 4.57 Å². The maximum Gasteiger partial charge on any atom is 0.312 e. The van der Waals surface area contributed by atoms with Crippen LogP contribution in [0.25, 0.3) is 11.2 Å². The van der Waals surface area contributed by atoms with Crippen molar-refractivity contribution in [2.45, 2.75) is 32.0 Å². The second-order valence-corrected chi connectivity index (χ2v) is 6.08. The van der Waals surface area contributed by atoms with Crippen molar-refractivity contribution in [2.75, 3.05) is 17.7 Å². The number of hydrogen-bond acceptors (Lipinski definition) is 6. The Labute approximate surface area is 144 Å². The molecule has 0 saturated carbocycles. The first-order valence-electron chi connectivity index (χ1n) is 8.30. The highest BCUT2D eigenvalue weighted by atomic mass is 19.1. The topological polar surface area (TPSA) is 90.9 Å². The van der Waals surface area contributed by atoms with Crippen LogP contribution in [0.5, 0.6) is 0 Å². The van der Waals surface area contributed by atoms with Crippen LogP contribution in [-0.2, 0) is 11.3 Å². The van der Waals surface area contributed by atoms with Crippen LogP contribution >= 0.6 is 0 Å². The number of fused-ring (bicyclic) bond motifs is 1. The van der Waals surface area contributed by atoms with Crippen LogP contribution in [0.2, 0.25) is 0 Å². The van der Waals surface area contributed by atoms with Gasteiger partial charge in [-0.2, -0.15) is 14.4 Å². The molecular weight excluding hydrogens is 323 g/mol. The van der Waals surface area contributed by atoms with E-state index in [9.17, 15) is 4.39 Å². The minimum absolute atomic E-state index is 0.155. The monoisotopic (exact) mass is 342 g/mol. The fraction of sp³-hybridized carbons (Fsp3) is 0.353. The Hall–Kier alpha value is -2.74. The molecule has 0 spiro atoms. The number of nitrogens with two attached hydrogens (primary N) is 1. The second-order valence-electron chi connectivity index (χ2n) is 6.08. The average molecular weight is 342 g/mol. The number of imidazole rings is 1. The van der Waals surface area contributed by atoms with Gasteiger partial charge in [-0.05, 0) is 37.0 Å². The number of hydrogen-bond donors (Lipinski definition) is 2. The molecule has 3 aromatic rings. The lowest BCUT2D eigenvalue weighted by Gasteiger charge is -2.23. The number of halogens is 1. The van der Waals surface area contributed by atoms with E-state index in [0.29, 0.717) is 35.8 Å². The van der Waals surface area contributed by atoms with Gasteiger partial charge < -0.3 is 15.8 Å². The van der Waals surface area contributed by atoms with E-state index >= 15 is 0 Å². The molecule has 3 heterocycles. The molecule has 1 aliphatic heterocycles. The highest BCUT2D eigenvalue weighted by Gasteiger charge is 2.21. The number of nitrogen functional groups attached to an aromatic ring is 1. The summed E-state index contributed by atoms with van der Waals surface area (Å²) >= 11 is 0. The molecule has 1 aromatic carbocycles. The van der Waals surface area contributed by atoms with Gasteiger partial charge in [0.15, 0.2) is 17.0 Å². The molecule has 0 amide bonds. The van der Waals surface area contributed by atoms with Crippen LogP contribution in [0.4, 0.5) is 15.9 Å². The van der Waals surface area contributed by atoms with Gasteiger partial charge in [0.2, 0.25) is 0 Å². The Morgan fingerprint density at radius 3 is 2.84 bits per heavy atom. The fourth-order valence-electron chi connectivity index (χ4n) is 2.99. The van der Waals surface area contributed by atoms with Crippen LogP contribution in [0.1, 0.15) is 31.1 Å². The molecule has 7 nitrogen and oxygen atoms in total. The summed E-state index contributed by atoms with van der Waals surface area (Å²) in [5.74, 6) is 0.369. The molecule has 1 atom stereocenters. The molecule has 1 unspecified atom stereocenters. The third kappa shape index (κ3) is 3.25. The Balaban J connectivity index is 1.62. The van der Waals surface area contributed by atoms with E-state index in [1.54, 1.807) is 10.9 Å². The molecular formula is C17H19FN6O. The summed E-state index contributed by atoms with van der Waals surface area (Å²) in [7, 11) is 0. The lowest BCUT2D eigenvalue weighted by molar-refractivity contribution is -0.0298. The molecule has 1 saturated heterocycles. The summed E-state index contributed by atoms with van der Waals surface area (Å²) < 4.78 is 21.5. The molecule has 2 aromatic heterocycles. The third-order valence-corrected chi connectivity index (χ3v) is 4.30. The number of ether oxygens (including phenoxy) is 1. The lowest BCUT2D eigenvalue weighted by Crippen LogP contribution is -2.18. The number of nitrogens with zero attached hydrogens (tertiary/aromatic N) is 4. The van der Waals surface area contributed by atoms with E-state index in [1.165, 1.54) is 0 Å². The van der Waals surface area contributed by atoms with E-state index in [-0.39, 0.29) is 6.23 Å². The lowest BCUT2D eigenvalue weighted by atomic mass is 10.2. The van der Waals surface area contributed by atoms with Gasteiger partial charge in [-0.1, -0.05) is 12.1 Å². The van der Waals surface area contributed by atoms with Gasteiger partial charge in [0.1, 0.15) is 6.23 Å². The predicted octanol–water partition coefficient (Wildman–Crippen LogP) is 2.86. The van der Waals surface area contributed by atoms with E-state index in [1.807, 2.05) is 24.3 Å². The third-order valence-electron chi connectivity index (χ3n) is 4.30. The predicted molar refractivity (Wildman–Crippen MR) is 92.3 cm³/mol. The number of anilines is 2. The van der Waals surface area contributed by atoms with Crippen LogP contribution in [-0.4, -0.2) is 26.1 Å². The summed E-state index contributed by atoms with van der Waals surface area (Å²) in [6.07, 6.45) is 3.68. The molecule has 25 heavy (non-hydrogen) atoms. The largest absolute Gasteiger partial charge is 0.399 e.